The molecular weight excluding hydrogens is 162 g/mol. The normalized spacial score (nSPS) is 11.7. The van der Waals surface area contributed by atoms with Gasteiger partial charge in [-0.3, -0.25) is 0 Å². The third-order valence-corrected chi connectivity index (χ3v) is 2.01. The number of hydrogen-bond donors (Lipinski definition) is 2. The summed E-state index contributed by atoms with van der Waals surface area (Å²) in [7, 11) is 2.50. The third-order valence-electron chi connectivity index (χ3n) is 2.01. The van der Waals surface area contributed by atoms with E-state index < -0.39 is 0 Å². The molecule has 74 valence electrons. The van der Waals surface area contributed by atoms with Crippen molar-refractivity contribution in [2.24, 2.45) is 5.73 Å². The average molecular weight is 181 g/mol. The number of benzene rings is 1. The first kappa shape index (κ1) is 12.1. The molecule has 1 aromatic rings. The van der Waals surface area contributed by atoms with Crippen molar-refractivity contribution < 1.29 is 5.11 Å². The van der Waals surface area contributed by atoms with Crippen LogP contribution < -0.4 is 5.73 Å². The van der Waals surface area contributed by atoms with Gasteiger partial charge < -0.3 is 10.8 Å². The van der Waals surface area contributed by atoms with E-state index >= 15 is 0 Å². The maximum Gasteiger partial charge on any atom is 0.0319 e. The molecular formula is C11H19NO. The van der Waals surface area contributed by atoms with Gasteiger partial charge in [0.15, 0.2) is 0 Å². The Hall–Kier alpha value is -0.860. The number of nitrogens with two attached hydrogens (primary N) is 1. The van der Waals surface area contributed by atoms with Crippen LogP contribution >= 0.6 is 0 Å². The average Bonchev–Trinajstić information content (AvgIpc) is 2.71. The minimum absolute atomic E-state index is 1.00. The Bertz CT molecular complexity index is 200. The highest BCUT2D eigenvalue weighted by Crippen LogP contribution is 2.20. The van der Waals surface area contributed by atoms with E-state index in [1.165, 1.54) is 26.3 Å². The number of rotatable bonds is 0. The highest BCUT2D eigenvalue weighted by molar-refractivity contribution is 5.30. The summed E-state index contributed by atoms with van der Waals surface area (Å²) < 4.78 is 0. The maximum atomic E-state index is 7.00. The summed E-state index contributed by atoms with van der Waals surface area (Å²) in [4.78, 5) is 0. The van der Waals surface area contributed by atoms with Crippen LogP contribution in [0.5, 0.6) is 0 Å². The van der Waals surface area contributed by atoms with Crippen molar-refractivity contribution in [2.45, 2.75) is 19.3 Å². The molecule has 0 saturated heterocycles. The topological polar surface area (TPSA) is 46.2 Å². The second-order valence-corrected chi connectivity index (χ2v) is 2.62. The van der Waals surface area contributed by atoms with Crippen molar-refractivity contribution in [3.63, 3.8) is 0 Å². The Morgan fingerprint density at radius 3 is 1.77 bits per heavy atom. The number of aryl methyl sites for hydroxylation is 2. The fourth-order valence-electron chi connectivity index (χ4n) is 1.51. The summed E-state index contributed by atoms with van der Waals surface area (Å²) in [5.41, 5.74) is 7.63. The lowest BCUT2D eigenvalue weighted by Gasteiger charge is -1.93. The van der Waals surface area contributed by atoms with E-state index in [1.54, 1.807) is 11.1 Å². The van der Waals surface area contributed by atoms with Crippen molar-refractivity contribution in [1.29, 1.82) is 0 Å². The molecule has 1 aromatic carbocycles. The molecule has 0 heterocycles. The van der Waals surface area contributed by atoms with Crippen LogP contribution in [0.3, 0.4) is 0 Å². The van der Waals surface area contributed by atoms with Crippen LogP contribution in [0.4, 0.5) is 0 Å². The first-order chi connectivity index (χ1) is 6.47. The van der Waals surface area contributed by atoms with Crippen LogP contribution in [-0.2, 0) is 12.8 Å². The Morgan fingerprint density at radius 2 is 1.38 bits per heavy atom. The number of aliphatic hydroxyl groups is 1. The Labute approximate surface area is 80.4 Å². The van der Waals surface area contributed by atoms with Crippen LogP contribution in [0.25, 0.3) is 0 Å². The highest BCUT2D eigenvalue weighted by Gasteiger charge is 2.07. The Balaban J connectivity index is 0.000000322. The number of aliphatic hydroxyl groups excluding tert-OH is 1. The molecule has 2 nitrogen and oxygen atoms in total. The molecule has 13 heavy (non-hydrogen) atoms. The zero-order valence-electron chi connectivity index (χ0n) is 8.46. The predicted octanol–water partition coefficient (Wildman–Crippen LogP) is 1.36. The van der Waals surface area contributed by atoms with Crippen molar-refractivity contribution in [3.8, 4) is 0 Å². The van der Waals surface area contributed by atoms with Gasteiger partial charge in [0.2, 0.25) is 0 Å². The molecule has 0 radical (unpaired) electrons. The molecule has 2 rings (SSSR count). The van der Waals surface area contributed by atoms with Crippen LogP contribution in [0.1, 0.15) is 17.5 Å². The maximum absolute atomic E-state index is 7.00. The zero-order valence-corrected chi connectivity index (χ0v) is 8.46. The standard InChI is InChI=1S/C9H10.CH5N.CH4O/c1-2-5-9-7-3-6-8(9)4-1;2*1-2/h1-2,4-5H,3,6-7H2;2H2,1H3;2H,1H3. The third kappa shape index (κ3) is 3.57. The van der Waals surface area contributed by atoms with Gasteiger partial charge in [-0.2, -0.15) is 0 Å². The van der Waals surface area contributed by atoms with Crippen LogP contribution in [0, 0.1) is 0 Å². The first-order valence-corrected chi connectivity index (χ1v) is 4.56. The number of fused-ring (bicyclic) bond motifs is 1. The van der Waals surface area contributed by atoms with Crippen LogP contribution in [-0.4, -0.2) is 19.3 Å². The quantitative estimate of drug-likeness (QED) is 0.635. The molecule has 0 unspecified atom stereocenters. The van der Waals surface area contributed by atoms with Gasteiger partial charge in [-0.1, -0.05) is 24.3 Å². The summed E-state index contributed by atoms with van der Waals surface area (Å²) in [6.45, 7) is 0. The van der Waals surface area contributed by atoms with E-state index in [0.717, 1.165) is 7.11 Å². The Morgan fingerprint density at radius 1 is 1.00 bits per heavy atom. The molecule has 0 fully saturated rings. The largest absolute Gasteiger partial charge is 0.400 e. The molecule has 0 amide bonds. The summed E-state index contributed by atoms with van der Waals surface area (Å²) in [6.07, 6.45) is 3.96. The lowest BCUT2D eigenvalue weighted by Crippen LogP contribution is -1.77. The van der Waals surface area contributed by atoms with E-state index in [-0.39, 0.29) is 0 Å². The SMILES string of the molecule is CN.CO.c1ccc2c(c1)CCC2. The van der Waals surface area contributed by atoms with E-state index in [0.29, 0.717) is 0 Å². The zero-order chi connectivity index (χ0) is 10.1. The fourth-order valence-corrected chi connectivity index (χ4v) is 1.51. The molecule has 0 bridgehead atoms. The molecule has 1 aliphatic rings. The van der Waals surface area contributed by atoms with Gasteiger partial charge in [0, 0.05) is 7.11 Å². The fraction of sp³-hybridized carbons (Fsp3) is 0.455. The van der Waals surface area contributed by atoms with E-state index in [2.05, 4.69) is 30.0 Å². The summed E-state index contributed by atoms with van der Waals surface area (Å²) in [5.74, 6) is 0. The minimum Gasteiger partial charge on any atom is -0.400 e. The molecule has 0 spiro atoms. The van der Waals surface area contributed by atoms with Gasteiger partial charge in [0.1, 0.15) is 0 Å². The molecule has 0 aromatic heterocycles. The lowest BCUT2D eigenvalue weighted by molar-refractivity contribution is 0.399. The predicted molar refractivity (Wildman–Crippen MR) is 56.7 cm³/mol. The first-order valence-electron chi connectivity index (χ1n) is 4.56. The van der Waals surface area contributed by atoms with Crippen molar-refractivity contribution in [1.82, 2.24) is 0 Å². The van der Waals surface area contributed by atoms with Crippen molar-refractivity contribution in [2.75, 3.05) is 14.2 Å². The summed E-state index contributed by atoms with van der Waals surface area (Å²) in [6, 6.07) is 8.74. The van der Waals surface area contributed by atoms with Crippen molar-refractivity contribution >= 4 is 0 Å². The molecule has 1 aliphatic carbocycles. The van der Waals surface area contributed by atoms with Gasteiger partial charge in [0.05, 0.1) is 0 Å². The Kier molecular flexibility index (Phi) is 7.26. The smallest absolute Gasteiger partial charge is 0.0319 e. The molecule has 0 aliphatic heterocycles. The van der Waals surface area contributed by atoms with Gasteiger partial charge >= 0.3 is 0 Å². The van der Waals surface area contributed by atoms with Gasteiger partial charge in [-0.05, 0) is 37.4 Å². The molecule has 0 atom stereocenters. The van der Waals surface area contributed by atoms with Gasteiger partial charge in [0.25, 0.3) is 0 Å². The molecule has 3 N–H and O–H groups in total. The molecule has 0 saturated carbocycles. The van der Waals surface area contributed by atoms with E-state index in [1.807, 2.05) is 0 Å². The lowest BCUT2D eigenvalue weighted by atomic mass is 10.1. The van der Waals surface area contributed by atoms with Crippen molar-refractivity contribution in [3.05, 3.63) is 35.4 Å². The van der Waals surface area contributed by atoms with Crippen LogP contribution in [0.2, 0.25) is 0 Å². The second kappa shape index (κ2) is 7.77. The van der Waals surface area contributed by atoms with Crippen LogP contribution in [0.15, 0.2) is 24.3 Å². The molecule has 2 heteroatoms. The van der Waals surface area contributed by atoms with Gasteiger partial charge in [-0.15, -0.1) is 0 Å². The van der Waals surface area contributed by atoms with Gasteiger partial charge in [-0.25, -0.2) is 0 Å². The summed E-state index contributed by atoms with van der Waals surface area (Å²) >= 11 is 0. The van der Waals surface area contributed by atoms with E-state index in [4.69, 9.17) is 5.11 Å². The monoisotopic (exact) mass is 181 g/mol. The van der Waals surface area contributed by atoms with E-state index in [9.17, 15) is 0 Å². The highest BCUT2D eigenvalue weighted by atomic mass is 16.2. The number of hydrogen-bond acceptors (Lipinski definition) is 2. The summed E-state index contributed by atoms with van der Waals surface area (Å²) in [5, 5.41) is 7.00. The minimum atomic E-state index is 1.00. The second-order valence-electron chi connectivity index (χ2n) is 2.62.